The first kappa shape index (κ1) is 15.6. The Kier molecular flexibility index (Phi) is 4.14. The Morgan fingerprint density at radius 2 is 1.96 bits per heavy atom. The molecule has 0 aromatic carbocycles. The van der Waals surface area contributed by atoms with Gasteiger partial charge in [-0.1, -0.05) is 11.3 Å². The fourth-order valence-electron chi connectivity index (χ4n) is 2.63. The molecule has 0 atom stereocenters. The smallest absolute Gasteiger partial charge is 0.324 e. The second kappa shape index (κ2) is 6.09. The fraction of sp³-hybridized carbons (Fsp3) is 0.286. The predicted molar refractivity (Wildman–Crippen MR) is 88.4 cm³/mol. The first-order valence-corrected chi connectivity index (χ1v) is 8.60. The zero-order valence-corrected chi connectivity index (χ0v) is 13.6. The monoisotopic (exact) mass is 351 g/mol. The van der Waals surface area contributed by atoms with Crippen molar-refractivity contribution in [3.63, 3.8) is 0 Å². The van der Waals surface area contributed by atoms with E-state index in [2.05, 4.69) is 5.32 Å². The van der Waals surface area contributed by atoms with Gasteiger partial charge in [-0.25, -0.2) is 0 Å². The van der Waals surface area contributed by atoms with Crippen LogP contribution >= 0.6 is 22.7 Å². The topological polar surface area (TPSA) is 115 Å². The molecule has 0 radical (unpaired) electrons. The SMILES string of the molecule is NC(=O)c1c(NC(=O)c2ccc([N+](=O)[O-])s2)sc2c1CCCC2. The number of fused-ring (bicyclic) bond motifs is 1. The molecule has 120 valence electrons. The summed E-state index contributed by atoms with van der Waals surface area (Å²) in [4.78, 5) is 35.5. The number of nitrogens with one attached hydrogen (secondary N) is 1. The van der Waals surface area contributed by atoms with Crippen LogP contribution in [0, 0.1) is 10.1 Å². The van der Waals surface area contributed by atoms with Crippen LogP contribution in [-0.4, -0.2) is 16.7 Å². The number of primary amides is 1. The minimum atomic E-state index is -0.558. The van der Waals surface area contributed by atoms with Crippen molar-refractivity contribution in [2.45, 2.75) is 25.7 Å². The van der Waals surface area contributed by atoms with E-state index in [9.17, 15) is 19.7 Å². The van der Waals surface area contributed by atoms with Crippen molar-refractivity contribution < 1.29 is 14.5 Å². The number of hydrogen-bond acceptors (Lipinski definition) is 6. The fourth-order valence-corrected chi connectivity index (χ4v) is 4.63. The second-order valence-electron chi connectivity index (χ2n) is 5.13. The van der Waals surface area contributed by atoms with Crippen LogP contribution in [-0.2, 0) is 12.8 Å². The number of carbonyl (C=O) groups is 2. The van der Waals surface area contributed by atoms with Gasteiger partial charge in [0.2, 0.25) is 0 Å². The Bertz CT molecular complexity index is 809. The number of thiophene rings is 2. The maximum Gasteiger partial charge on any atom is 0.324 e. The number of nitrogens with two attached hydrogens (primary N) is 1. The van der Waals surface area contributed by atoms with E-state index < -0.39 is 16.7 Å². The number of nitrogens with zero attached hydrogens (tertiary/aromatic N) is 1. The van der Waals surface area contributed by atoms with Crippen LogP contribution in [0.5, 0.6) is 0 Å². The highest BCUT2D eigenvalue weighted by Crippen LogP contribution is 2.38. The lowest BCUT2D eigenvalue weighted by Gasteiger charge is -2.11. The quantitative estimate of drug-likeness (QED) is 0.651. The van der Waals surface area contributed by atoms with Gasteiger partial charge in [0.1, 0.15) is 5.00 Å². The molecule has 0 saturated heterocycles. The third kappa shape index (κ3) is 2.97. The molecule has 2 aromatic rings. The predicted octanol–water partition coefficient (Wildman–Crippen LogP) is 2.95. The van der Waals surface area contributed by atoms with E-state index in [0.717, 1.165) is 47.5 Å². The van der Waals surface area contributed by atoms with Crippen LogP contribution < -0.4 is 11.1 Å². The van der Waals surface area contributed by atoms with Gasteiger partial charge in [0.25, 0.3) is 11.8 Å². The maximum atomic E-state index is 12.3. The van der Waals surface area contributed by atoms with E-state index in [4.69, 9.17) is 5.73 Å². The summed E-state index contributed by atoms with van der Waals surface area (Å²) in [6.45, 7) is 0. The van der Waals surface area contributed by atoms with E-state index in [0.29, 0.717) is 10.6 Å². The lowest BCUT2D eigenvalue weighted by molar-refractivity contribution is -0.380. The van der Waals surface area contributed by atoms with E-state index in [1.807, 2.05) is 0 Å². The van der Waals surface area contributed by atoms with Gasteiger partial charge < -0.3 is 11.1 Å². The van der Waals surface area contributed by atoms with Crippen molar-refractivity contribution in [2.24, 2.45) is 5.73 Å². The van der Waals surface area contributed by atoms with Crippen LogP contribution in [0.3, 0.4) is 0 Å². The summed E-state index contributed by atoms with van der Waals surface area (Å²) in [5, 5.41) is 13.7. The molecule has 3 rings (SSSR count). The van der Waals surface area contributed by atoms with Crippen molar-refractivity contribution in [3.8, 4) is 0 Å². The van der Waals surface area contributed by atoms with Crippen molar-refractivity contribution >= 4 is 44.5 Å². The minimum absolute atomic E-state index is 0.101. The molecule has 7 nitrogen and oxygen atoms in total. The number of carbonyl (C=O) groups excluding carboxylic acids is 2. The average Bonchev–Trinajstić information content (AvgIpc) is 3.11. The van der Waals surface area contributed by atoms with Gasteiger partial charge in [-0.15, -0.1) is 11.3 Å². The second-order valence-corrected chi connectivity index (χ2v) is 7.30. The number of aryl methyl sites for hydroxylation is 1. The van der Waals surface area contributed by atoms with Crippen LogP contribution in [0.2, 0.25) is 0 Å². The number of anilines is 1. The highest BCUT2D eigenvalue weighted by Gasteiger charge is 2.25. The Morgan fingerprint density at radius 3 is 2.61 bits per heavy atom. The van der Waals surface area contributed by atoms with Crippen LogP contribution in [0.15, 0.2) is 12.1 Å². The summed E-state index contributed by atoms with van der Waals surface area (Å²) in [5.74, 6) is -1.03. The van der Waals surface area contributed by atoms with Crippen molar-refractivity contribution in [1.29, 1.82) is 0 Å². The molecule has 0 spiro atoms. The Labute approximate surface area is 139 Å². The number of rotatable bonds is 4. The van der Waals surface area contributed by atoms with Crippen molar-refractivity contribution in [1.82, 2.24) is 0 Å². The van der Waals surface area contributed by atoms with Gasteiger partial charge in [0, 0.05) is 10.9 Å². The Morgan fingerprint density at radius 1 is 1.22 bits per heavy atom. The molecule has 23 heavy (non-hydrogen) atoms. The average molecular weight is 351 g/mol. The lowest BCUT2D eigenvalue weighted by atomic mass is 9.95. The number of nitro groups is 1. The van der Waals surface area contributed by atoms with Gasteiger partial charge in [-0.2, -0.15) is 0 Å². The van der Waals surface area contributed by atoms with Crippen molar-refractivity contribution in [2.75, 3.05) is 5.32 Å². The lowest BCUT2D eigenvalue weighted by Crippen LogP contribution is -2.18. The standard InChI is InChI=1S/C14H13N3O4S2/c15-12(18)11-7-3-1-2-4-8(7)23-14(11)16-13(19)9-5-6-10(22-9)17(20)21/h5-6H,1-4H2,(H2,15,18)(H,16,19). The molecule has 0 fully saturated rings. The molecular formula is C14H13N3O4S2. The molecule has 0 aliphatic heterocycles. The summed E-state index contributed by atoms with van der Waals surface area (Å²) >= 11 is 2.16. The molecule has 0 bridgehead atoms. The molecular weight excluding hydrogens is 338 g/mol. The van der Waals surface area contributed by atoms with Gasteiger partial charge >= 0.3 is 5.00 Å². The van der Waals surface area contributed by atoms with E-state index >= 15 is 0 Å². The first-order chi connectivity index (χ1) is 11.0. The van der Waals surface area contributed by atoms with Crippen LogP contribution in [0.25, 0.3) is 0 Å². The normalized spacial score (nSPS) is 13.4. The van der Waals surface area contributed by atoms with Gasteiger partial charge in [-0.05, 0) is 37.3 Å². The third-order valence-corrected chi connectivity index (χ3v) is 5.88. The zero-order chi connectivity index (χ0) is 16.6. The molecule has 9 heteroatoms. The summed E-state index contributed by atoms with van der Waals surface area (Å²) in [6.07, 6.45) is 3.70. The van der Waals surface area contributed by atoms with Gasteiger partial charge in [-0.3, -0.25) is 19.7 Å². The molecule has 1 aliphatic carbocycles. The van der Waals surface area contributed by atoms with Gasteiger partial charge in [0.05, 0.1) is 15.4 Å². The third-order valence-electron chi connectivity index (χ3n) is 3.64. The largest absolute Gasteiger partial charge is 0.365 e. The van der Waals surface area contributed by atoms with Gasteiger partial charge in [0.15, 0.2) is 0 Å². The molecule has 2 aromatic heterocycles. The molecule has 2 amide bonds. The highest BCUT2D eigenvalue weighted by molar-refractivity contribution is 7.18. The molecule has 2 heterocycles. The summed E-state index contributed by atoms with van der Waals surface area (Å²) < 4.78 is 0. The summed E-state index contributed by atoms with van der Waals surface area (Å²) in [6, 6.07) is 2.68. The Hall–Kier alpha value is -2.26. The molecule has 0 unspecified atom stereocenters. The molecule has 1 aliphatic rings. The number of hydrogen-bond donors (Lipinski definition) is 2. The highest BCUT2D eigenvalue weighted by atomic mass is 32.1. The summed E-state index contributed by atoms with van der Waals surface area (Å²) in [7, 11) is 0. The first-order valence-electron chi connectivity index (χ1n) is 6.97. The molecule has 3 N–H and O–H groups in total. The zero-order valence-electron chi connectivity index (χ0n) is 12.0. The summed E-state index contributed by atoms with van der Waals surface area (Å²) in [5.41, 5.74) is 6.78. The van der Waals surface area contributed by atoms with E-state index in [-0.39, 0.29) is 9.88 Å². The maximum absolute atomic E-state index is 12.3. The van der Waals surface area contributed by atoms with Crippen LogP contribution in [0.1, 0.15) is 43.3 Å². The Balaban J connectivity index is 1.89. The molecule has 0 saturated carbocycles. The van der Waals surface area contributed by atoms with Crippen LogP contribution in [0.4, 0.5) is 10.0 Å². The number of amides is 2. The minimum Gasteiger partial charge on any atom is -0.365 e. The van der Waals surface area contributed by atoms with Crippen molar-refractivity contribution in [3.05, 3.63) is 43.1 Å². The van der Waals surface area contributed by atoms with E-state index in [1.54, 1.807) is 0 Å². The van der Waals surface area contributed by atoms with E-state index in [1.165, 1.54) is 23.5 Å².